The van der Waals surface area contributed by atoms with Gasteiger partial charge in [-0.05, 0) is 12.1 Å². The van der Waals surface area contributed by atoms with Crippen molar-refractivity contribution in [3.8, 4) is 11.6 Å². The topological polar surface area (TPSA) is 73.3 Å². The molecule has 1 amide bonds. The first-order chi connectivity index (χ1) is 10.4. The van der Waals surface area contributed by atoms with E-state index in [4.69, 9.17) is 4.74 Å². The van der Waals surface area contributed by atoms with Crippen molar-refractivity contribution in [2.24, 2.45) is 0 Å². The van der Waals surface area contributed by atoms with E-state index in [1.165, 1.54) is 30.7 Å². The molecule has 9 heteroatoms. The first-order valence-corrected chi connectivity index (χ1v) is 5.97. The van der Waals surface area contributed by atoms with Crippen LogP contribution in [0, 0.1) is 0 Å². The van der Waals surface area contributed by atoms with Gasteiger partial charge in [0.05, 0.1) is 6.20 Å². The fourth-order valence-electron chi connectivity index (χ4n) is 1.40. The molecule has 0 bridgehead atoms. The highest BCUT2D eigenvalue weighted by atomic mass is 19.4. The Kier molecular flexibility index (Phi) is 4.77. The molecule has 22 heavy (non-hydrogen) atoms. The largest absolute Gasteiger partial charge is 0.440 e. The minimum Gasteiger partial charge on any atom is -0.440 e. The molecule has 2 aromatic rings. The second-order valence-corrected chi connectivity index (χ2v) is 3.99. The second-order valence-electron chi connectivity index (χ2n) is 3.99. The zero-order valence-electron chi connectivity index (χ0n) is 11.0. The Labute approximate surface area is 122 Å². The van der Waals surface area contributed by atoms with Crippen LogP contribution in [0.15, 0.2) is 42.9 Å². The third-order valence-corrected chi connectivity index (χ3v) is 2.21. The smallest absolute Gasteiger partial charge is 0.422 e. The highest BCUT2D eigenvalue weighted by Crippen LogP contribution is 2.22. The fraction of sp³-hybridized carbons (Fsp3) is 0.154. The number of hydrogen-bond acceptors (Lipinski definition) is 5. The number of rotatable bonds is 4. The van der Waals surface area contributed by atoms with Gasteiger partial charge in [0.15, 0.2) is 6.61 Å². The molecule has 0 saturated carbocycles. The van der Waals surface area contributed by atoms with Crippen LogP contribution in [0.2, 0.25) is 0 Å². The van der Waals surface area contributed by atoms with Crippen molar-refractivity contribution in [2.45, 2.75) is 6.18 Å². The maximum Gasteiger partial charge on any atom is 0.422 e. The van der Waals surface area contributed by atoms with Crippen LogP contribution in [0.1, 0.15) is 0 Å². The first-order valence-electron chi connectivity index (χ1n) is 5.97. The summed E-state index contributed by atoms with van der Waals surface area (Å²) in [5.74, 6) is 0.563. The number of nitrogens with zero attached hydrogens (tertiary/aromatic N) is 2. The number of alkyl halides is 3. The highest BCUT2D eigenvalue weighted by molar-refractivity contribution is 5.84. The molecule has 116 valence electrons. The number of carbonyl (C=O) groups excluding carboxylic acids is 1. The van der Waals surface area contributed by atoms with Crippen LogP contribution in [0.5, 0.6) is 11.6 Å². The summed E-state index contributed by atoms with van der Waals surface area (Å²) < 4.78 is 45.2. The van der Waals surface area contributed by atoms with Gasteiger partial charge in [0.1, 0.15) is 5.75 Å². The van der Waals surface area contributed by atoms with Gasteiger partial charge in [-0.25, -0.2) is 9.78 Å². The summed E-state index contributed by atoms with van der Waals surface area (Å²) in [5.41, 5.74) is 0.216. The van der Waals surface area contributed by atoms with Crippen molar-refractivity contribution in [3.63, 3.8) is 0 Å². The molecule has 0 aliphatic carbocycles. The molecule has 1 heterocycles. The lowest BCUT2D eigenvalue weighted by Crippen LogP contribution is -2.23. The zero-order valence-corrected chi connectivity index (χ0v) is 11.0. The summed E-state index contributed by atoms with van der Waals surface area (Å²) in [6, 6.07) is 6.01. The summed E-state index contributed by atoms with van der Waals surface area (Å²) in [6.45, 7) is -1.66. The minimum absolute atomic E-state index is 0.216. The van der Waals surface area contributed by atoms with Crippen LogP contribution in [0.4, 0.5) is 23.7 Å². The van der Waals surface area contributed by atoms with Gasteiger partial charge in [0.2, 0.25) is 5.88 Å². The highest BCUT2D eigenvalue weighted by Gasteiger charge is 2.29. The Morgan fingerprint density at radius 2 is 2.09 bits per heavy atom. The number of aromatic nitrogens is 2. The van der Waals surface area contributed by atoms with Gasteiger partial charge in [-0.15, -0.1) is 0 Å². The molecule has 0 spiro atoms. The molecule has 0 radical (unpaired) electrons. The Morgan fingerprint density at radius 1 is 1.27 bits per heavy atom. The van der Waals surface area contributed by atoms with E-state index in [0.29, 0.717) is 5.75 Å². The fourth-order valence-corrected chi connectivity index (χ4v) is 1.40. The van der Waals surface area contributed by atoms with E-state index < -0.39 is 18.9 Å². The van der Waals surface area contributed by atoms with E-state index in [-0.39, 0.29) is 11.6 Å². The lowest BCUT2D eigenvalue weighted by Gasteiger charge is -2.10. The van der Waals surface area contributed by atoms with Gasteiger partial charge in [-0.1, -0.05) is 6.07 Å². The van der Waals surface area contributed by atoms with Crippen molar-refractivity contribution >= 4 is 11.8 Å². The Balaban J connectivity index is 1.95. The average Bonchev–Trinajstić information content (AvgIpc) is 2.46. The SMILES string of the molecule is O=C(Nc1cccc(Oc2cnccn2)c1)OCC(F)(F)F. The predicted octanol–water partition coefficient (Wildman–Crippen LogP) is 3.38. The molecule has 0 unspecified atom stereocenters. The van der Waals surface area contributed by atoms with Gasteiger partial charge >= 0.3 is 12.3 Å². The van der Waals surface area contributed by atoms with Crippen LogP contribution < -0.4 is 10.1 Å². The molecule has 0 atom stereocenters. The van der Waals surface area contributed by atoms with Crippen LogP contribution in [-0.4, -0.2) is 28.8 Å². The van der Waals surface area contributed by atoms with Gasteiger partial charge in [-0.2, -0.15) is 13.2 Å². The van der Waals surface area contributed by atoms with Crippen LogP contribution >= 0.6 is 0 Å². The van der Waals surface area contributed by atoms with Gasteiger partial charge in [0.25, 0.3) is 0 Å². The average molecular weight is 313 g/mol. The first kappa shape index (κ1) is 15.5. The molecule has 0 aliphatic rings. The quantitative estimate of drug-likeness (QED) is 0.936. The van der Waals surface area contributed by atoms with E-state index in [9.17, 15) is 18.0 Å². The van der Waals surface area contributed by atoms with Crippen molar-refractivity contribution in [3.05, 3.63) is 42.9 Å². The van der Waals surface area contributed by atoms with Crippen LogP contribution in [0.3, 0.4) is 0 Å². The third kappa shape index (κ3) is 5.27. The van der Waals surface area contributed by atoms with Crippen LogP contribution in [-0.2, 0) is 4.74 Å². The Bertz CT molecular complexity index is 635. The number of halogens is 3. The minimum atomic E-state index is -4.58. The number of ether oxygens (including phenoxy) is 2. The molecule has 6 nitrogen and oxygen atoms in total. The third-order valence-electron chi connectivity index (χ3n) is 2.21. The van der Waals surface area contributed by atoms with Crippen LogP contribution in [0.25, 0.3) is 0 Å². The normalized spacial score (nSPS) is 10.9. The predicted molar refractivity (Wildman–Crippen MR) is 69.6 cm³/mol. The molecule has 1 aromatic carbocycles. The number of hydrogen-bond donors (Lipinski definition) is 1. The van der Waals surface area contributed by atoms with Crippen molar-refractivity contribution < 1.29 is 27.4 Å². The lowest BCUT2D eigenvalue weighted by atomic mass is 10.3. The second kappa shape index (κ2) is 6.74. The summed E-state index contributed by atoms with van der Waals surface area (Å²) in [4.78, 5) is 18.9. The molecule has 1 aromatic heterocycles. The molecule has 0 fully saturated rings. The summed E-state index contributed by atoms with van der Waals surface area (Å²) in [7, 11) is 0. The van der Waals surface area contributed by atoms with Gasteiger partial charge < -0.3 is 9.47 Å². The summed E-state index contributed by atoms with van der Waals surface area (Å²) in [5, 5.41) is 2.16. The number of nitrogens with one attached hydrogen (secondary N) is 1. The molecule has 2 rings (SSSR count). The maximum absolute atomic E-state index is 11.9. The van der Waals surface area contributed by atoms with E-state index in [1.54, 1.807) is 12.1 Å². The number of carbonyl (C=O) groups is 1. The van der Waals surface area contributed by atoms with E-state index in [1.807, 2.05) is 0 Å². The number of anilines is 1. The number of amides is 1. The standard InChI is InChI=1S/C13H10F3N3O3/c14-13(15,16)8-21-12(20)19-9-2-1-3-10(6-9)22-11-7-17-4-5-18-11/h1-7H,8H2,(H,19,20). The molecular formula is C13H10F3N3O3. The molecular weight excluding hydrogens is 303 g/mol. The van der Waals surface area contributed by atoms with Gasteiger partial charge in [0, 0.05) is 24.1 Å². The summed E-state index contributed by atoms with van der Waals surface area (Å²) in [6.07, 6.45) is -1.49. The molecule has 0 aliphatic heterocycles. The summed E-state index contributed by atoms with van der Waals surface area (Å²) >= 11 is 0. The van der Waals surface area contributed by atoms with E-state index >= 15 is 0 Å². The monoisotopic (exact) mass is 313 g/mol. The van der Waals surface area contributed by atoms with Crippen molar-refractivity contribution in [2.75, 3.05) is 11.9 Å². The lowest BCUT2D eigenvalue weighted by molar-refractivity contribution is -0.159. The zero-order chi connectivity index (χ0) is 16.0. The molecule has 1 N–H and O–H groups in total. The van der Waals surface area contributed by atoms with E-state index in [0.717, 1.165) is 0 Å². The maximum atomic E-state index is 11.9. The number of benzene rings is 1. The van der Waals surface area contributed by atoms with Crippen molar-refractivity contribution in [1.29, 1.82) is 0 Å². The van der Waals surface area contributed by atoms with Gasteiger partial charge in [-0.3, -0.25) is 10.3 Å². The van der Waals surface area contributed by atoms with Crippen molar-refractivity contribution in [1.82, 2.24) is 9.97 Å². The Morgan fingerprint density at radius 3 is 2.77 bits per heavy atom. The van der Waals surface area contributed by atoms with E-state index in [2.05, 4.69) is 20.0 Å². The Hall–Kier alpha value is -2.84. The molecule has 0 saturated heterocycles.